The first-order chi connectivity index (χ1) is 9.85. The smallest absolute Gasteiger partial charge is 0.0896 e. The van der Waals surface area contributed by atoms with E-state index >= 15 is 0 Å². The fourth-order valence-corrected chi connectivity index (χ4v) is 3.46. The van der Waals surface area contributed by atoms with Crippen LogP contribution in [0.4, 0.5) is 0 Å². The molecular weight excluding hydrogens is 248 g/mol. The number of morpholine rings is 1. The van der Waals surface area contributed by atoms with E-state index in [-0.39, 0.29) is 6.10 Å². The zero-order valence-corrected chi connectivity index (χ0v) is 12.6. The van der Waals surface area contributed by atoms with Gasteiger partial charge in [0.15, 0.2) is 0 Å². The van der Waals surface area contributed by atoms with Crippen molar-refractivity contribution >= 4 is 0 Å². The Balaban J connectivity index is 1.94. The van der Waals surface area contributed by atoms with E-state index in [0.717, 1.165) is 32.2 Å². The van der Waals surface area contributed by atoms with E-state index in [9.17, 15) is 0 Å². The van der Waals surface area contributed by atoms with E-state index in [0.29, 0.717) is 6.04 Å². The largest absolute Gasteiger partial charge is 0.374 e. The lowest BCUT2D eigenvalue weighted by Gasteiger charge is -2.42. The Morgan fingerprint density at radius 3 is 2.65 bits per heavy atom. The minimum Gasteiger partial charge on any atom is -0.374 e. The maximum atomic E-state index is 6.07. The first-order valence-electron chi connectivity index (χ1n) is 7.94. The van der Waals surface area contributed by atoms with Crippen molar-refractivity contribution < 1.29 is 4.74 Å². The molecule has 2 atom stereocenters. The molecule has 1 heterocycles. The predicted molar refractivity (Wildman–Crippen MR) is 82.1 cm³/mol. The molecule has 0 amide bonds. The average Bonchev–Trinajstić information content (AvgIpc) is 3.32. The molecule has 2 fully saturated rings. The van der Waals surface area contributed by atoms with Gasteiger partial charge in [-0.25, -0.2) is 0 Å². The Morgan fingerprint density at radius 1 is 1.25 bits per heavy atom. The molecule has 3 heteroatoms. The molecule has 20 heavy (non-hydrogen) atoms. The van der Waals surface area contributed by atoms with Crippen LogP contribution in [-0.2, 0) is 4.74 Å². The molecule has 1 saturated carbocycles. The number of nitrogens with zero attached hydrogens (tertiary/aromatic N) is 1. The highest BCUT2D eigenvalue weighted by molar-refractivity contribution is 5.36. The molecule has 2 aliphatic rings. The quantitative estimate of drug-likeness (QED) is 0.893. The molecule has 1 aliphatic carbocycles. The third-order valence-corrected chi connectivity index (χ3v) is 4.60. The van der Waals surface area contributed by atoms with Gasteiger partial charge in [-0.3, -0.25) is 4.90 Å². The monoisotopic (exact) mass is 274 g/mol. The standard InChI is InChI=1S/C17H26N2O/c1-3-19-10-11-20-16(12-18-2)17(19)15-7-5-4-6-14(15)13-8-9-13/h4-7,13,16-18H,3,8-12H2,1-2H3. The van der Waals surface area contributed by atoms with Crippen molar-refractivity contribution in [2.75, 3.05) is 33.3 Å². The summed E-state index contributed by atoms with van der Waals surface area (Å²) in [6.07, 6.45) is 2.97. The van der Waals surface area contributed by atoms with Gasteiger partial charge in [0, 0.05) is 13.1 Å². The first kappa shape index (κ1) is 14.1. The number of nitrogens with one attached hydrogen (secondary N) is 1. The van der Waals surface area contributed by atoms with E-state index in [1.807, 2.05) is 7.05 Å². The molecule has 2 unspecified atom stereocenters. The molecule has 1 aromatic carbocycles. The average molecular weight is 274 g/mol. The van der Waals surface area contributed by atoms with Crippen LogP contribution in [0.15, 0.2) is 24.3 Å². The fourth-order valence-electron chi connectivity index (χ4n) is 3.46. The number of rotatable bonds is 5. The van der Waals surface area contributed by atoms with Crippen molar-refractivity contribution in [3.05, 3.63) is 35.4 Å². The highest BCUT2D eigenvalue weighted by Crippen LogP contribution is 2.44. The van der Waals surface area contributed by atoms with Crippen LogP contribution in [0.1, 0.15) is 42.9 Å². The molecule has 0 spiro atoms. The summed E-state index contributed by atoms with van der Waals surface area (Å²) in [6.45, 7) is 6.16. The summed E-state index contributed by atoms with van der Waals surface area (Å²) >= 11 is 0. The van der Waals surface area contributed by atoms with Gasteiger partial charge in [0.05, 0.1) is 18.8 Å². The summed E-state index contributed by atoms with van der Waals surface area (Å²) in [4.78, 5) is 2.58. The summed E-state index contributed by atoms with van der Waals surface area (Å²) in [5.74, 6) is 0.794. The highest BCUT2D eigenvalue weighted by atomic mass is 16.5. The maximum Gasteiger partial charge on any atom is 0.0896 e. The summed E-state index contributed by atoms with van der Waals surface area (Å²) in [7, 11) is 2.01. The summed E-state index contributed by atoms with van der Waals surface area (Å²) in [6, 6.07) is 9.41. The molecule has 110 valence electrons. The second-order valence-corrected chi connectivity index (χ2v) is 5.94. The van der Waals surface area contributed by atoms with Crippen LogP contribution in [0.25, 0.3) is 0 Å². The Kier molecular flexibility index (Phi) is 4.39. The summed E-state index contributed by atoms with van der Waals surface area (Å²) in [5, 5.41) is 3.29. The van der Waals surface area contributed by atoms with E-state index < -0.39 is 0 Å². The molecule has 1 N–H and O–H groups in total. The minimum atomic E-state index is 0.258. The maximum absolute atomic E-state index is 6.07. The van der Waals surface area contributed by atoms with Crippen molar-refractivity contribution in [3.8, 4) is 0 Å². The van der Waals surface area contributed by atoms with E-state index in [1.54, 1.807) is 5.56 Å². The number of likely N-dealkylation sites (N-methyl/N-ethyl adjacent to an activating group) is 2. The van der Waals surface area contributed by atoms with Crippen molar-refractivity contribution in [3.63, 3.8) is 0 Å². The Labute approximate surface area is 122 Å². The molecule has 1 saturated heterocycles. The lowest BCUT2D eigenvalue weighted by molar-refractivity contribution is -0.0689. The Hall–Kier alpha value is -0.900. The van der Waals surface area contributed by atoms with Gasteiger partial charge < -0.3 is 10.1 Å². The van der Waals surface area contributed by atoms with Crippen LogP contribution in [0.5, 0.6) is 0 Å². The van der Waals surface area contributed by atoms with Crippen LogP contribution in [-0.4, -0.2) is 44.3 Å². The second kappa shape index (κ2) is 6.25. The molecule has 1 aromatic rings. The van der Waals surface area contributed by atoms with Gasteiger partial charge in [0.2, 0.25) is 0 Å². The predicted octanol–water partition coefficient (Wildman–Crippen LogP) is 2.55. The van der Waals surface area contributed by atoms with Gasteiger partial charge in [-0.1, -0.05) is 31.2 Å². The third kappa shape index (κ3) is 2.76. The zero-order valence-electron chi connectivity index (χ0n) is 12.6. The molecule has 0 radical (unpaired) electrons. The third-order valence-electron chi connectivity index (χ3n) is 4.60. The van der Waals surface area contributed by atoms with Gasteiger partial charge >= 0.3 is 0 Å². The molecule has 3 nitrogen and oxygen atoms in total. The molecule has 3 rings (SSSR count). The number of ether oxygens (including phenoxy) is 1. The normalized spacial score (nSPS) is 27.7. The van der Waals surface area contributed by atoms with Crippen molar-refractivity contribution in [2.45, 2.75) is 37.8 Å². The first-order valence-corrected chi connectivity index (χ1v) is 7.94. The molecule has 0 aromatic heterocycles. The topological polar surface area (TPSA) is 24.5 Å². The molecule has 0 bridgehead atoms. The van der Waals surface area contributed by atoms with Gasteiger partial charge in [-0.2, -0.15) is 0 Å². The second-order valence-electron chi connectivity index (χ2n) is 5.94. The van der Waals surface area contributed by atoms with Crippen LogP contribution in [0.3, 0.4) is 0 Å². The lowest BCUT2D eigenvalue weighted by Crippen LogP contribution is -2.48. The van der Waals surface area contributed by atoms with Crippen LogP contribution in [0.2, 0.25) is 0 Å². The van der Waals surface area contributed by atoms with Gasteiger partial charge in [0.1, 0.15) is 0 Å². The highest BCUT2D eigenvalue weighted by Gasteiger charge is 2.36. The van der Waals surface area contributed by atoms with Crippen molar-refractivity contribution in [1.82, 2.24) is 10.2 Å². The zero-order chi connectivity index (χ0) is 13.9. The number of hydrogen-bond acceptors (Lipinski definition) is 3. The number of benzene rings is 1. The van der Waals surface area contributed by atoms with Gasteiger partial charge in [-0.05, 0) is 43.5 Å². The summed E-state index contributed by atoms with van der Waals surface area (Å²) in [5.41, 5.74) is 3.05. The van der Waals surface area contributed by atoms with E-state index in [1.165, 1.54) is 18.4 Å². The van der Waals surface area contributed by atoms with Crippen LogP contribution < -0.4 is 5.32 Å². The van der Waals surface area contributed by atoms with Crippen molar-refractivity contribution in [1.29, 1.82) is 0 Å². The fraction of sp³-hybridized carbons (Fsp3) is 0.647. The van der Waals surface area contributed by atoms with Gasteiger partial charge in [-0.15, -0.1) is 0 Å². The molecular formula is C17H26N2O. The van der Waals surface area contributed by atoms with E-state index in [2.05, 4.69) is 41.4 Å². The van der Waals surface area contributed by atoms with Crippen LogP contribution >= 0.6 is 0 Å². The van der Waals surface area contributed by atoms with Crippen molar-refractivity contribution in [2.24, 2.45) is 0 Å². The Bertz CT molecular complexity index is 442. The molecule has 1 aliphatic heterocycles. The Morgan fingerprint density at radius 2 is 2.00 bits per heavy atom. The van der Waals surface area contributed by atoms with E-state index in [4.69, 9.17) is 4.74 Å². The number of hydrogen-bond donors (Lipinski definition) is 1. The minimum absolute atomic E-state index is 0.258. The summed E-state index contributed by atoms with van der Waals surface area (Å²) < 4.78 is 6.07. The van der Waals surface area contributed by atoms with Gasteiger partial charge in [0.25, 0.3) is 0 Å². The van der Waals surface area contributed by atoms with Crippen LogP contribution in [0, 0.1) is 0 Å². The lowest BCUT2D eigenvalue weighted by atomic mass is 9.91. The SMILES string of the molecule is CCN1CCOC(CNC)C1c1ccccc1C1CC1.